The molecule has 0 aliphatic carbocycles. The third-order valence-electron chi connectivity index (χ3n) is 6.30. The van der Waals surface area contributed by atoms with Gasteiger partial charge in [0, 0.05) is 30.1 Å². The molecule has 1 saturated heterocycles. The number of hydrogen-bond donors (Lipinski definition) is 0. The Morgan fingerprint density at radius 2 is 2.04 bits per heavy atom. The molecule has 4 heteroatoms. The topological polar surface area (TPSA) is 37.7 Å². The minimum absolute atomic E-state index is 0.0150. The SMILES string of the molecule is CCCCCCN1CCCC(C)(C)C12C=Nc1c(ccc3ncccc13)O2. The number of likely N-dealkylation sites (tertiary alicyclic amines) is 1. The summed E-state index contributed by atoms with van der Waals surface area (Å²) >= 11 is 0. The number of piperidine rings is 1. The van der Waals surface area contributed by atoms with E-state index >= 15 is 0 Å². The average Bonchev–Trinajstić information content (AvgIpc) is 2.68. The fourth-order valence-corrected chi connectivity index (χ4v) is 4.63. The first-order valence-corrected chi connectivity index (χ1v) is 10.4. The molecular formula is C23H31N3O. The predicted octanol–water partition coefficient (Wildman–Crippen LogP) is 5.73. The third-order valence-corrected chi connectivity index (χ3v) is 6.30. The number of aliphatic imine (C=N–C) groups is 1. The molecule has 1 aromatic heterocycles. The summed E-state index contributed by atoms with van der Waals surface area (Å²) in [6.45, 7) is 9.06. The van der Waals surface area contributed by atoms with Crippen LogP contribution in [0.15, 0.2) is 35.5 Å². The fraction of sp³-hybridized carbons (Fsp3) is 0.565. The Labute approximate surface area is 162 Å². The van der Waals surface area contributed by atoms with Gasteiger partial charge in [-0.05, 0) is 43.5 Å². The molecule has 1 fully saturated rings. The van der Waals surface area contributed by atoms with E-state index in [9.17, 15) is 0 Å². The highest BCUT2D eigenvalue weighted by Crippen LogP contribution is 2.49. The van der Waals surface area contributed by atoms with Crippen LogP contribution in [0, 0.1) is 5.41 Å². The molecule has 0 radical (unpaired) electrons. The van der Waals surface area contributed by atoms with Gasteiger partial charge >= 0.3 is 0 Å². The average molecular weight is 366 g/mol. The number of rotatable bonds is 5. The van der Waals surface area contributed by atoms with E-state index in [2.05, 4.69) is 42.9 Å². The summed E-state index contributed by atoms with van der Waals surface area (Å²) in [5, 5.41) is 1.06. The van der Waals surface area contributed by atoms with E-state index in [0.29, 0.717) is 0 Å². The molecular weight excluding hydrogens is 334 g/mol. The molecule has 27 heavy (non-hydrogen) atoms. The van der Waals surface area contributed by atoms with Gasteiger partial charge in [-0.2, -0.15) is 0 Å². The van der Waals surface area contributed by atoms with Gasteiger partial charge in [-0.3, -0.25) is 14.9 Å². The molecule has 1 aromatic carbocycles. The van der Waals surface area contributed by atoms with Crippen LogP contribution in [0.4, 0.5) is 5.69 Å². The maximum atomic E-state index is 6.80. The van der Waals surface area contributed by atoms with Gasteiger partial charge < -0.3 is 4.74 Å². The molecule has 0 saturated carbocycles. The van der Waals surface area contributed by atoms with Crippen LogP contribution in [0.3, 0.4) is 0 Å². The number of unbranched alkanes of at least 4 members (excludes halogenated alkanes) is 3. The molecule has 0 bridgehead atoms. The van der Waals surface area contributed by atoms with Crippen LogP contribution in [0.1, 0.15) is 59.3 Å². The van der Waals surface area contributed by atoms with E-state index in [1.54, 1.807) is 0 Å². The molecule has 1 unspecified atom stereocenters. The molecule has 1 atom stereocenters. The Kier molecular flexibility index (Phi) is 4.94. The zero-order valence-corrected chi connectivity index (χ0v) is 16.9. The van der Waals surface area contributed by atoms with Crippen molar-refractivity contribution in [3.63, 3.8) is 0 Å². The Balaban J connectivity index is 1.69. The summed E-state index contributed by atoms with van der Waals surface area (Å²) < 4.78 is 6.80. The number of hydrogen-bond acceptors (Lipinski definition) is 4. The first kappa shape index (κ1) is 18.4. The molecule has 2 aliphatic rings. The second-order valence-corrected chi connectivity index (χ2v) is 8.57. The molecule has 4 rings (SSSR count). The lowest BCUT2D eigenvalue weighted by atomic mass is 9.73. The lowest BCUT2D eigenvalue weighted by molar-refractivity contribution is -0.134. The zero-order valence-electron chi connectivity index (χ0n) is 16.9. The number of ether oxygens (including phenoxy) is 1. The number of fused-ring (bicyclic) bond motifs is 3. The molecule has 0 amide bonds. The number of nitrogens with zero attached hydrogens (tertiary/aromatic N) is 3. The molecule has 144 valence electrons. The van der Waals surface area contributed by atoms with Crippen LogP contribution < -0.4 is 4.74 Å². The van der Waals surface area contributed by atoms with Crippen molar-refractivity contribution < 1.29 is 4.74 Å². The number of aromatic nitrogens is 1. The molecule has 1 spiro atoms. The van der Waals surface area contributed by atoms with Crippen LogP contribution in [0.2, 0.25) is 0 Å². The Bertz CT molecular complexity index is 845. The van der Waals surface area contributed by atoms with Crippen molar-refractivity contribution >= 4 is 22.8 Å². The van der Waals surface area contributed by atoms with Gasteiger partial charge in [-0.15, -0.1) is 0 Å². The summed E-state index contributed by atoms with van der Waals surface area (Å²) in [7, 11) is 0. The van der Waals surface area contributed by atoms with Crippen LogP contribution in [0.25, 0.3) is 10.9 Å². The summed E-state index contributed by atoms with van der Waals surface area (Å²) in [5.74, 6) is 0.881. The molecule has 2 aromatic rings. The molecule has 0 N–H and O–H groups in total. The van der Waals surface area contributed by atoms with Crippen molar-refractivity contribution in [1.82, 2.24) is 9.88 Å². The van der Waals surface area contributed by atoms with Gasteiger partial charge in [0.05, 0.1) is 11.7 Å². The summed E-state index contributed by atoms with van der Waals surface area (Å²) in [4.78, 5) is 11.9. The predicted molar refractivity (Wildman–Crippen MR) is 112 cm³/mol. The highest BCUT2D eigenvalue weighted by Gasteiger charge is 2.54. The van der Waals surface area contributed by atoms with Gasteiger partial charge in [0.1, 0.15) is 11.4 Å². The fourth-order valence-electron chi connectivity index (χ4n) is 4.63. The van der Waals surface area contributed by atoms with Crippen molar-refractivity contribution in [3.05, 3.63) is 30.5 Å². The first-order chi connectivity index (χ1) is 13.1. The van der Waals surface area contributed by atoms with Crippen LogP contribution in [-0.4, -0.2) is 34.9 Å². The number of pyridine rings is 1. The first-order valence-electron chi connectivity index (χ1n) is 10.4. The van der Waals surface area contributed by atoms with Crippen molar-refractivity contribution in [3.8, 4) is 5.75 Å². The lowest BCUT2D eigenvalue weighted by Crippen LogP contribution is -2.66. The van der Waals surface area contributed by atoms with Gasteiger partial charge in [-0.1, -0.05) is 40.0 Å². The highest BCUT2D eigenvalue weighted by molar-refractivity contribution is 5.96. The van der Waals surface area contributed by atoms with Crippen molar-refractivity contribution in [2.75, 3.05) is 13.1 Å². The van der Waals surface area contributed by atoms with Gasteiger partial charge in [0.2, 0.25) is 5.72 Å². The molecule has 2 aliphatic heterocycles. The Morgan fingerprint density at radius 1 is 1.15 bits per heavy atom. The summed E-state index contributed by atoms with van der Waals surface area (Å²) in [5.41, 5.74) is 1.44. The van der Waals surface area contributed by atoms with E-state index in [0.717, 1.165) is 41.9 Å². The monoisotopic (exact) mass is 365 g/mol. The maximum Gasteiger partial charge on any atom is 0.204 e. The quantitative estimate of drug-likeness (QED) is 0.635. The van der Waals surface area contributed by atoms with Gasteiger partial charge in [-0.25, -0.2) is 0 Å². The second kappa shape index (κ2) is 7.23. The highest BCUT2D eigenvalue weighted by atomic mass is 16.5. The second-order valence-electron chi connectivity index (χ2n) is 8.57. The van der Waals surface area contributed by atoms with Gasteiger partial charge in [0.25, 0.3) is 0 Å². The molecule has 3 heterocycles. The smallest absolute Gasteiger partial charge is 0.204 e. The summed E-state index contributed by atoms with van der Waals surface area (Å²) in [6, 6.07) is 8.13. The van der Waals surface area contributed by atoms with E-state index in [1.807, 2.05) is 24.4 Å². The largest absolute Gasteiger partial charge is 0.464 e. The van der Waals surface area contributed by atoms with Crippen LogP contribution >= 0.6 is 0 Å². The van der Waals surface area contributed by atoms with E-state index < -0.39 is 5.72 Å². The number of benzene rings is 1. The maximum absolute atomic E-state index is 6.80. The Morgan fingerprint density at radius 3 is 2.89 bits per heavy atom. The normalized spacial score (nSPS) is 24.1. The van der Waals surface area contributed by atoms with E-state index in [-0.39, 0.29) is 5.41 Å². The Hall–Kier alpha value is -1.94. The van der Waals surface area contributed by atoms with Crippen LogP contribution in [0.5, 0.6) is 5.75 Å². The molecule has 4 nitrogen and oxygen atoms in total. The summed E-state index contributed by atoms with van der Waals surface area (Å²) in [6.07, 6.45) is 11.4. The third kappa shape index (κ3) is 3.14. The van der Waals surface area contributed by atoms with Crippen molar-refractivity contribution in [2.24, 2.45) is 10.4 Å². The zero-order chi connectivity index (χ0) is 18.9. The standard InChI is InChI=1S/C23H31N3O/c1-4-5-6-7-15-26-16-9-13-22(2,3)23(26)17-25-21-18-10-8-14-24-19(18)11-12-20(21)27-23/h8,10-12,14,17H,4-7,9,13,15-16H2,1-3H3. The lowest BCUT2D eigenvalue weighted by Gasteiger charge is -2.55. The van der Waals surface area contributed by atoms with Crippen molar-refractivity contribution in [1.29, 1.82) is 0 Å². The minimum Gasteiger partial charge on any atom is -0.464 e. The van der Waals surface area contributed by atoms with Crippen molar-refractivity contribution in [2.45, 2.75) is 65.0 Å². The minimum atomic E-state index is -0.458. The van der Waals surface area contributed by atoms with Crippen LogP contribution in [-0.2, 0) is 0 Å². The van der Waals surface area contributed by atoms with E-state index in [4.69, 9.17) is 9.73 Å². The van der Waals surface area contributed by atoms with E-state index in [1.165, 1.54) is 32.1 Å². The van der Waals surface area contributed by atoms with Gasteiger partial charge in [0.15, 0.2) is 0 Å².